The van der Waals surface area contributed by atoms with Gasteiger partial charge in [0.2, 0.25) is 5.95 Å². The molecule has 1 aliphatic rings. The van der Waals surface area contributed by atoms with Crippen molar-refractivity contribution < 1.29 is 0 Å². The molecule has 210 valence electrons. The van der Waals surface area contributed by atoms with E-state index in [9.17, 15) is 9.59 Å². The summed E-state index contributed by atoms with van der Waals surface area (Å²) < 4.78 is 4.46. The molecule has 0 saturated carbocycles. The molecule has 12 heteroatoms. The standard InChI is InChI=1S/C29H32N10O2/c1-5-10-37-28(41)23-18-31-29(33-27(23)39(37)25-8-9-26(40)38(34-25)19(2)3)32-21-7-6-20-15-22(17-30-24(20)16-21)36-13-11-35(4)12-14-36/h5-9,15-19H,1,10-14H2,2-4H3,(H,31,32,33). The Hall–Kier alpha value is -4.84. The van der Waals surface area contributed by atoms with Gasteiger partial charge in [0, 0.05) is 49.5 Å². The summed E-state index contributed by atoms with van der Waals surface area (Å²) in [5.41, 5.74) is 2.61. The lowest BCUT2D eigenvalue weighted by molar-refractivity contribution is 0.313. The molecule has 0 aliphatic carbocycles. The fourth-order valence-corrected chi connectivity index (χ4v) is 5.06. The van der Waals surface area contributed by atoms with Crippen LogP contribution in [0.5, 0.6) is 0 Å². The number of piperazine rings is 1. The average molecular weight is 553 g/mol. The third-order valence-corrected chi connectivity index (χ3v) is 7.29. The first kappa shape index (κ1) is 26.4. The summed E-state index contributed by atoms with van der Waals surface area (Å²) in [5.74, 6) is 0.704. The third-order valence-electron chi connectivity index (χ3n) is 7.29. The first-order valence-electron chi connectivity index (χ1n) is 13.6. The quantitative estimate of drug-likeness (QED) is 0.304. The summed E-state index contributed by atoms with van der Waals surface area (Å²) in [6, 6.07) is 11.0. The third kappa shape index (κ3) is 4.97. The fourth-order valence-electron chi connectivity index (χ4n) is 5.06. The van der Waals surface area contributed by atoms with Gasteiger partial charge in [-0.2, -0.15) is 4.98 Å². The highest BCUT2D eigenvalue weighted by atomic mass is 16.1. The van der Waals surface area contributed by atoms with E-state index in [-0.39, 0.29) is 23.7 Å². The molecule has 4 aromatic heterocycles. The van der Waals surface area contributed by atoms with E-state index in [1.54, 1.807) is 16.8 Å². The summed E-state index contributed by atoms with van der Waals surface area (Å²) in [5, 5.41) is 9.15. The molecule has 12 nitrogen and oxygen atoms in total. The lowest BCUT2D eigenvalue weighted by Gasteiger charge is -2.33. The van der Waals surface area contributed by atoms with E-state index in [0.717, 1.165) is 48.5 Å². The molecular weight excluding hydrogens is 520 g/mol. The van der Waals surface area contributed by atoms with Crippen molar-refractivity contribution >= 4 is 39.3 Å². The van der Waals surface area contributed by atoms with Crippen LogP contribution < -0.4 is 21.3 Å². The van der Waals surface area contributed by atoms with Crippen molar-refractivity contribution in [3.8, 4) is 5.82 Å². The highest BCUT2D eigenvalue weighted by Gasteiger charge is 2.19. The molecule has 1 N–H and O–H groups in total. The first-order valence-corrected chi connectivity index (χ1v) is 13.6. The van der Waals surface area contributed by atoms with Gasteiger partial charge in [0.05, 0.1) is 30.0 Å². The van der Waals surface area contributed by atoms with Crippen LogP contribution in [0.25, 0.3) is 27.8 Å². The van der Waals surface area contributed by atoms with E-state index >= 15 is 0 Å². The van der Waals surface area contributed by atoms with Gasteiger partial charge < -0.3 is 15.1 Å². The monoisotopic (exact) mass is 552 g/mol. The van der Waals surface area contributed by atoms with Crippen LogP contribution in [0.2, 0.25) is 0 Å². The zero-order valence-electron chi connectivity index (χ0n) is 23.4. The van der Waals surface area contributed by atoms with E-state index in [1.165, 1.54) is 21.6 Å². The van der Waals surface area contributed by atoms with Crippen molar-refractivity contribution in [3.63, 3.8) is 0 Å². The van der Waals surface area contributed by atoms with Crippen molar-refractivity contribution in [2.45, 2.75) is 26.4 Å². The van der Waals surface area contributed by atoms with Gasteiger partial charge in [-0.3, -0.25) is 14.6 Å². The van der Waals surface area contributed by atoms with Crippen LogP contribution in [0.4, 0.5) is 17.3 Å². The molecule has 0 atom stereocenters. The Morgan fingerprint density at radius 2 is 1.83 bits per heavy atom. The predicted octanol–water partition coefficient (Wildman–Crippen LogP) is 2.95. The molecule has 0 spiro atoms. The van der Waals surface area contributed by atoms with Gasteiger partial charge in [-0.1, -0.05) is 12.1 Å². The second kappa shape index (κ2) is 10.6. The maximum atomic E-state index is 13.3. The van der Waals surface area contributed by atoms with Crippen LogP contribution >= 0.6 is 0 Å². The van der Waals surface area contributed by atoms with Crippen molar-refractivity contribution in [3.05, 3.63) is 82.2 Å². The van der Waals surface area contributed by atoms with Gasteiger partial charge in [-0.25, -0.2) is 19.0 Å². The number of pyridine rings is 1. The Morgan fingerprint density at radius 3 is 2.59 bits per heavy atom. The number of fused-ring (bicyclic) bond motifs is 2. The minimum absolute atomic E-state index is 0.158. The molecule has 6 rings (SSSR count). The summed E-state index contributed by atoms with van der Waals surface area (Å²) in [4.78, 5) is 44.1. The molecule has 41 heavy (non-hydrogen) atoms. The molecule has 0 radical (unpaired) electrons. The van der Waals surface area contributed by atoms with Gasteiger partial charge in [0.25, 0.3) is 11.1 Å². The predicted molar refractivity (Wildman–Crippen MR) is 160 cm³/mol. The van der Waals surface area contributed by atoms with Gasteiger partial charge in [-0.15, -0.1) is 11.7 Å². The maximum absolute atomic E-state index is 13.3. The lowest BCUT2D eigenvalue weighted by Crippen LogP contribution is -2.44. The molecule has 0 unspecified atom stereocenters. The molecule has 0 bridgehead atoms. The second-order valence-corrected chi connectivity index (χ2v) is 10.5. The topological polar surface area (TPSA) is 119 Å². The van der Waals surface area contributed by atoms with Crippen LogP contribution in [0.3, 0.4) is 0 Å². The second-order valence-electron chi connectivity index (χ2n) is 10.5. The van der Waals surface area contributed by atoms with Gasteiger partial charge in [0.15, 0.2) is 11.5 Å². The molecule has 1 aromatic carbocycles. The number of likely N-dealkylation sites (N-methyl/N-ethyl adjacent to an activating group) is 1. The van der Waals surface area contributed by atoms with Crippen LogP contribution in [-0.2, 0) is 6.54 Å². The number of hydrogen-bond acceptors (Lipinski definition) is 9. The molecule has 1 aliphatic heterocycles. The van der Waals surface area contributed by atoms with Crippen molar-refractivity contribution in [2.24, 2.45) is 0 Å². The minimum Gasteiger partial charge on any atom is -0.368 e. The molecule has 5 heterocycles. The maximum Gasteiger partial charge on any atom is 0.278 e. The number of hydrogen-bond donors (Lipinski definition) is 1. The van der Waals surface area contributed by atoms with E-state index in [0.29, 0.717) is 22.8 Å². The molecule has 5 aromatic rings. The number of anilines is 3. The molecule has 1 fully saturated rings. The largest absolute Gasteiger partial charge is 0.368 e. The first-order chi connectivity index (χ1) is 19.8. The normalized spacial score (nSPS) is 14.3. The van der Waals surface area contributed by atoms with Gasteiger partial charge in [0.1, 0.15) is 5.39 Å². The zero-order valence-corrected chi connectivity index (χ0v) is 23.4. The average Bonchev–Trinajstić information content (AvgIpc) is 3.24. The highest BCUT2D eigenvalue weighted by molar-refractivity contribution is 5.85. The van der Waals surface area contributed by atoms with E-state index in [1.807, 2.05) is 38.2 Å². The SMILES string of the molecule is C=CCn1c(=O)c2cnc(Nc3ccc4cc(N5CCN(C)CC5)cnc4c3)nc2n1-c1ccc(=O)n(C(C)C)n1. The summed E-state index contributed by atoms with van der Waals surface area (Å²) in [7, 11) is 2.14. The van der Waals surface area contributed by atoms with Crippen LogP contribution in [0.1, 0.15) is 19.9 Å². The number of aromatic nitrogens is 7. The van der Waals surface area contributed by atoms with E-state index in [4.69, 9.17) is 9.97 Å². The Labute approximate surface area is 236 Å². The van der Waals surface area contributed by atoms with Crippen molar-refractivity contribution in [2.75, 3.05) is 43.4 Å². The molecule has 1 saturated heterocycles. The zero-order chi connectivity index (χ0) is 28.7. The molecular formula is C29H32N10O2. The van der Waals surface area contributed by atoms with Crippen LogP contribution in [-0.4, -0.2) is 72.2 Å². The van der Waals surface area contributed by atoms with Gasteiger partial charge >= 0.3 is 0 Å². The highest BCUT2D eigenvalue weighted by Crippen LogP contribution is 2.25. The Balaban J connectivity index is 1.36. The Bertz CT molecular complexity index is 1880. The fraction of sp³-hybridized carbons (Fsp3) is 0.310. The summed E-state index contributed by atoms with van der Waals surface area (Å²) in [6.07, 6.45) is 5.05. The van der Waals surface area contributed by atoms with Crippen LogP contribution in [0, 0.1) is 0 Å². The lowest BCUT2D eigenvalue weighted by atomic mass is 10.1. The van der Waals surface area contributed by atoms with Crippen molar-refractivity contribution in [1.82, 2.24) is 39.0 Å². The smallest absolute Gasteiger partial charge is 0.278 e. The number of nitrogens with one attached hydrogen (secondary N) is 1. The number of rotatable bonds is 7. The summed E-state index contributed by atoms with van der Waals surface area (Å²) in [6.45, 7) is 11.8. The van der Waals surface area contributed by atoms with E-state index < -0.39 is 0 Å². The van der Waals surface area contributed by atoms with Gasteiger partial charge in [-0.05, 0) is 45.2 Å². The Kier molecular flexibility index (Phi) is 6.83. The number of nitrogens with zero attached hydrogens (tertiary/aromatic N) is 9. The van der Waals surface area contributed by atoms with E-state index in [2.05, 4.69) is 44.9 Å². The van der Waals surface area contributed by atoms with Crippen LogP contribution in [0.15, 0.2) is 71.0 Å². The number of benzene rings is 1. The number of allylic oxidation sites excluding steroid dienone is 1. The van der Waals surface area contributed by atoms with Crippen molar-refractivity contribution in [1.29, 1.82) is 0 Å². The minimum atomic E-state index is -0.276. The molecule has 0 amide bonds. The summed E-state index contributed by atoms with van der Waals surface area (Å²) >= 11 is 0. The Morgan fingerprint density at radius 1 is 1.02 bits per heavy atom.